The lowest BCUT2D eigenvalue weighted by atomic mass is 10.1. The van der Waals surface area contributed by atoms with Crippen LogP contribution in [-0.4, -0.2) is 15.8 Å². The molecular weight excluding hydrogens is 264 g/mol. The molecule has 1 unspecified atom stereocenters. The Morgan fingerprint density at radius 2 is 1.90 bits per heavy atom. The van der Waals surface area contributed by atoms with Crippen LogP contribution in [0.15, 0.2) is 18.2 Å². The van der Waals surface area contributed by atoms with Gasteiger partial charge in [0, 0.05) is 36.9 Å². The van der Waals surface area contributed by atoms with E-state index in [0.29, 0.717) is 12.3 Å². The Bertz CT molecular complexity index is 603. The first-order valence-electron chi connectivity index (χ1n) is 6.29. The average molecular weight is 281 g/mol. The molecule has 2 rings (SSSR count). The lowest BCUT2D eigenvalue weighted by molar-refractivity contribution is 0.417. The highest BCUT2D eigenvalue weighted by Crippen LogP contribution is 2.29. The Morgan fingerprint density at radius 1 is 1.30 bits per heavy atom. The van der Waals surface area contributed by atoms with Crippen molar-refractivity contribution in [1.29, 1.82) is 0 Å². The van der Waals surface area contributed by atoms with Gasteiger partial charge < -0.3 is 10.5 Å². The summed E-state index contributed by atoms with van der Waals surface area (Å²) in [5.74, 6) is -0.832. The highest BCUT2D eigenvalue weighted by atomic mass is 19.1. The lowest BCUT2D eigenvalue weighted by Gasteiger charge is -2.10. The molecule has 0 spiro atoms. The second-order valence-electron chi connectivity index (χ2n) is 4.88. The quantitative estimate of drug-likeness (QED) is 0.937. The highest BCUT2D eigenvalue weighted by molar-refractivity contribution is 5.36. The number of hydrogen-bond donors (Lipinski definition) is 1. The molecule has 0 saturated carbocycles. The predicted molar refractivity (Wildman–Crippen MR) is 71.7 cm³/mol. The van der Waals surface area contributed by atoms with Crippen LogP contribution in [0.2, 0.25) is 0 Å². The number of benzene rings is 1. The van der Waals surface area contributed by atoms with Crippen LogP contribution in [0.4, 0.5) is 8.78 Å². The van der Waals surface area contributed by atoms with Crippen LogP contribution < -0.4 is 10.5 Å². The number of hydrogen-bond acceptors (Lipinski definition) is 3. The molecule has 6 heteroatoms. The molecule has 2 N–H and O–H groups in total. The van der Waals surface area contributed by atoms with Gasteiger partial charge in [0.25, 0.3) is 0 Å². The summed E-state index contributed by atoms with van der Waals surface area (Å²) in [6.45, 7) is 3.72. The van der Waals surface area contributed by atoms with E-state index in [4.69, 9.17) is 10.5 Å². The fourth-order valence-electron chi connectivity index (χ4n) is 2.06. The fourth-order valence-corrected chi connectivity index (χ4v) is 2.06. The summed E-state index contributed by atoms with van der Waals surface area (Å²) in [5.41, 5.74) is 7.43. The molecule has 0 radical (unpaired) electrons. The van der Waals surface area contributed by atoms with Gasteiger partial charge in [-0.25, -0.2) is 13.5 Å². The van der Waals surface area contributed by atoms with E-state index in [0.717, 1.165) is 29.5 Å². The first-order valence-corrected chi connectivity index (χ1v) is 6.29. The van der Waals surface area contributed by atoms with Crippen LogP contribution in [0.5, 0.6) is 11.6 Å². The first-order chi connectivity index (χ1) is 9.36. The largest absolute Gasteiger partial charge is 0.439 e. The Labute approximate surface area is 116 Å². The zero-order valence-electron chi connectivity index (χ0n) is 11.7. The van der Waals surface area contributed by atoms with Crippen molar-refractivity contribution in [1.82, 2.24) is 9.78 Å². The number of halogens is 2. The molecule has 1 aromatic carbocycles. The van der Waals surface area contributed by atoms with Gasteiger partial charge in [0.2, 0.25) is 5.88 Å². The molecule has 0 amide bonds. The van der Waals surface area contributed by atoms with Gasteiger partial charge in [-0.3, -0.25) is 0 Å². The molecule has 0 saturated heterocycles. The molecular formula is C14H17F2N3O. The Morgan fingerprint density at radius 3 is 2.45 bits per heavy atom. The molecule has 0 aliphatic rings. The molecule has 20 heavy (non-hydrogen) atoms. The van der Waals surface area contributed by atoms with Crippen LogP contribution in [0, 0.1) is 18.6 Å². The molecule has 0 bridgehead atoms. The van der Waals surface area contributed by atoms with Crippen molar-refractivity contribution in [2.45, 2.75) is 26.3 Å². The maximum absolute atomic E-state index is 13.2. The van der Waals surface area contributed by atoms with Crippen molar-refractivity contribution in [3.05, 3.63) is 41.1 Å². The molecule has 0 aliphatic heterocycles. The van der Waals surface area contributed by atoms with Crippen molar-refractivity contribution >= 4 is 0 Å². The number of nitrogens with zero attached hydrogens (tertiary/aromatic N) is 2. The van der Waals surface area contributed by atoms with Crippen molar-refractivity contribution in [3.8, 4) is 11.6 Å². The van der Waals surface area contributed by atoms with E-state index in [1.807, 2.05) is 13.8 Å². The first kappa shape index (κ1) is 14.5. The third-order valence-electron chi connectivity index (χ3n) is 2.87. The second kappa shape index (κ2) is 5.58. The SMILES string of the molecule is Cc1nn(C)c(Oc2cc(F)cc(F)c2)c1CC(C)N. The van der Waals surface area contributed by atoms with Crippen molar-refractivity contribution in [3.63, 3.8) is 0 Å². The van der Waals surface area contributed by atoms with Crippen LogP contribution in [0.1, 0.15) is 18.2 Å². The van der Waals surface area contributed by atoms with E-state index in [9.17, 15) is 8.78 Å². The normalized spacial score (nSPS) is 12.5. The monoisotopic (exact) mass is 281 g/mol. The zero-order chi connectivity index (χ0) is 14.9. The second-order valence-corrected chi connectivity index (χ2v) is 4.88. The molecule has 108 valence electrons. The number of nitrogens with two attached hydrogens (primary N) is 1. The fraction of sp³-hybridized carbons (Fsp3) is 0.357. The van der Waals surface area contributed by atoms with Gasteiger partial charge in [-0.2, -0.15) is 5.10 Å². The van der Waals surface area contributed by atoms with E-state index in [-0.39, 0.29) is 11.8 Å². The molecule has 0 aliphatic carbocycles. The van der Waals surface area contributed by atoms with E-state index in [2.05, 4.69) is 5.10 Å². The third kappa shape index (κ3) is 3.14. The summed E-state index contributed by atoms with van der Waals surface area (Å²) >= 11 is 0. The smallest absolute Gasteiger partial charge is 0.221 e. The number of ether oxygens (including phenoxy) is 1. The summed E-state index contributed by atoms with van der Waals surface area (Å²) < 4.78 is 33.5. The molecule has 0 fully saturated rings. The van der Waals surface area contributed by atoms with Gasteiger partial charge in [-0.1, -0.05) is 0 Å². The van der Waals surface area contributed by atoms with E-state index >= 15 is 0 Å². The summed E-state index contributed by atoms with van der Waals surface area (Å²) in [6.07, 6.45) is 0.576. The van der Waals surface area contributed by atoms with Crippen molar-refractivity contribution < 1.29 is 13.5 Å². The predicted octanol–water partition coefficient (Wildman–Crippen LogP) is 2.69. The van der Waals surface area contributed by atoms with E-state index in [1.54, 1.807) is 7.05 Å². The van der Waals surface area contributed by atoms with E-state index < -0.39 is 11.6 Å². The number of aryl methyl sites for hydroxylation is 2. The molecule has 1 heterocycles. The number of rotatable bonds is 4. The Hall–Kier alpha value is -1.95. The zero-order valence-corrected chi connectivity index (χ0v) is 11.7. The van der Waals surface area contributed by atoms with Gasteiger partial charge in [0.1, 0.15) is 17.4 Å². The maximum atomic E-state index is 13.2. The molecule has 1 aromatic heterocycles. The minimum Gasteiger partial charge on any atom is -0.439 e. The summed E-state index contributed by atoms with van der Waals surface area (Å²) in [5, 5.41) is 4.25. The Balaban J connectivity index is 2.37. The van der Waals surface area contributed by atoms with Gasteiger partial charge in [-0.15, -0.1) is 0 Å². The minimum atomic E-state index is -0.687. The molecule has 2 aromatic rings. The van der Waals surface area contributed by atoms with Gasteiger partial charge >= 0.3 is 0 Å². The van der Waals surface area contributed by atoms with E-state index in [1.165, 1.54) is 4.68 Å². The van der Waals surface area contributed by atoms with Crippen LogP contribution >= 0.6 is 0 Å². The highest BCUT2D eigenvalue weighted by Gasteiger charge is 2.17. The topological polar surface area (TPSA) is 53.1 Å². The van der Waals surface area contributed by atoms with Gasteiger partial charge in [0.05, 0.1) is 5.69 Å². The minimum absolute atomic E-state index is 0.0653. The summed E-state index contributed by atoms with van der Waals surface area (Å²) in [4.78, 5) is 0. The maximum Gasteiger partial charge on any atom is 0.221 e. The average Bonchev–Trinajstić information content (AvgIpc) is 2.54. The van der Waals surface area contributed by atoms with Gasteiger partial charge in [-0.05, 0) is 20.3 Å². The van der Waals surface area contributed by atoms with Crippen LogP contribution in [0.3, 0.4) is 0 Å². The molecule has 1 atom stereocenters. The Kier molecular flexibility index (Phi) is 4.04. The van der Waals surface area contributed by atoms with Crippen molar-refractivity contribution in [2.75, 3.05) is 0 Å². The van der Waals surface area contributed by atoms with Crippen LogP contribution in [0.25, 0.3) is 0 Å². The standard InChI is InChI=1S/C14H17F2N3O/c1-8(17)4-13-9(2)18-19(3)14(13)20-12-6-10(15)5-11(16)7-12/h5-8H,4,17H2,1-3H3. The van der Waals surface area contributed by atoms with Crippen molar-refractivity contribution in [2.24, 2.45) is 12.8 Å². The summed E-state index contributed by atoms with van der Waals surface area (Å²) in [7, 11) is 1.71. The molecule has 4 nitrogen and oxygen atoms in total. The summed E-state index contributed by atoms with van der Waals surface area (Å²) in [6, 6.07) is 2.98. The third-order valence-corrected chi connectivity index (χ3v) is 2.87. The van der Waals surface area contributed by atoms with Gasteiger partial charge in [0.15, 0.2) is 0 Å². The number of aromatic nitrogens is 2. The van der Waals surface area contributed by atoms with Crippen LogP contribution in [-0.2, 0) is 13.5 Å². The lowest BCUT2D eigenvalue weighted by Crippen LogP contribution is -2.18.